The van der Waals surface area contributed by atoms with Crippen molar-refractivity contribution in [1.29, 1.82) is 0 Å². The Kier molecular flexibility index (Phi) is 3.19. The zero-order valence-electron chi connectivity index (χ0n) is 12.5. The van der Waals surface area contributed by atoms with Gasteiger partial charge in [0.25, 0.3) is 0 Å². The maximum Gasteiger partial charge on any atom is 0.0467 e. The fraction of sp³-hybridized carbons (Fsp3) is 0.143. The summed E-state index contributed by atoms with van der Waals surface area (Å²) in [5, 5.41) is 4.85. The van der Waals surface area contributed by atoms with Crippen molar-refractivity contribution >= 4 is 33.3 Å². The molecule has 1 heteroatoms. The molecule has 2 N–H and O–H groups in total. The number of hydrogen-bond acceptors (Lipinski definition) is 1. The van der Waals surface area contributed by atoms with Crippen LogP contribution in [-0.4, -0.2) is 0 Å². The quantitative estimate of drug-likeness (QED) is 0.450. The average molecular weight is 285 g/mol. The van der Waals surface area contributed by atoms with E-state index in [9.17, 15) is 0 Å². The van der Waals surface area contributed by atoms with Gasteiger partial charge in [-0.2, -0.15) is 0 Å². The number of allylic oxidation sites excluding steroid dienone is 3. The van der Waals surface area contributed by atoms with Crippen LogP contribution in [0.2, 0.25) is 0 Å². The van der Waals surface area contributed by atoms with Crippen molar-refractivity contribution in [2.24, 2.45) is 0 Å². The molecule has 22 heavy (non-hydrogen) atoms. The van der Waals surface area contributed by atoms with E-state index in [-0.39, 0.29) is 0 Å². The molecular weight excluding hydrogens is 266 g/mol. The van der Waals surface area contributed by atoms with Crippen molar-refractivity contribution in [3.05, 3.63) is 71.8 Å². The Hall–Kier alpha value is -2.54. The van der Waals surface area contributed by atoms with Gasteiger partial charge < -0.3 is 5.73 Å². The molecule has 0 saturated carbocycles. The molecule has 108 valence electrons. The number of nitrogens with two attached hydrogens (primary N) is 1. The monoisotopic (exact) mass is 285 g/mol. The normalized spacial score (nSPS) is 16.6. The van der Waals surface area contributed by atoms with Gasteiger partial charge >= 0.3 is 0 Å². The lowest BCUT2D eigenvalue weighted by molar-refractivity contribution is 0.825. The molecule has 0 atom stereocenters. The van der Waals surface area contributed by atoms with E-state index in [2.05, 4.69) is 66.8 Å². The summed E-state index contributed by atoms with van der Waals surface area (Å²) in [4.78, 5) is 0. The molecule has 0 radical (unpaired) electrons. The first-order valence-electron chi connectivity index (χ1n) is 7.89. The van der Waals surface area contributed by atoms with E-state index in [1.807, 2.05) is 0 Å². The lowest BCUT2D eigenvalue weighted by Crippen LogP contribution is -1.93. The Morgan fingerprint density at radius 2 is 1.73 bits per heavy atom. The van der Waals surface area contributed by atoms with E-state index >= 15 is 0 Å². The van der Waals surface area contributed by atoms with Crippen molar-refractivity contribution in [2.75, 3.05) is 5.73 Å². The number of benzene rings is 3. The van der Waals surface area contributed by atoms with Gasteiger partial charge in [0.2, 0.25) is 0 Å². The first kappa shape index (κ1) is 13.1. The van der Waals surface area contributed by atoms with Gasteiger partial charge in [-0.05, 0) is 64.8 Å². The molecule has 0 heterocycles. The van der Waals surface area contributed by atoms with Gasteiger partial charge in [-0.15, -0.1) is 0 Å². The summed E-state index contributed by atoms with van der Waals surface area (Å²) in [5.74, 6) is 0. The number of rotatable bonds is 1. The van der Waals surface area contributed by atoms with Crippen molar-refractivity contribution < 1.29 is 0 Å². The van der Waals surface area contributed by atoms with Crippen LogP contribution in [0.4, 0.5) is 5.69 Å². The van der Waals surface area contributed by atoms with Gasteiger partial charge in [0.15, 0.2) is 0 Å². The summed E-state index contributed by atoms with van der Waals surface area (Å²) in [6.45, 7) is 0. The topological polar surface area (TPSA) is 26.0 Å². The molecule has 0 bridgehead atoms. The second-order valence-electron chi connectivity index (χ2n) is 6.00. The highest BCUT2D eigenvalue weighted by atomic mass is 14.6. The molecule has 0 saturated heterocycles. The van der Waals surface area contributed by atoms with E-state index in [1.165, 1.54) is 34.6 Å². The molecule has 0 aromatic heterocycles. The summed E-state index contributed by atoms with van der Waals surface area (Å²) >= 11 is 0. The third-order valence-electron chi connectivity index (χ3n) is 4.47. The van der Waals surface area contributed by atoms with E-state index in [1.54, 1.807) is 0 Å². The second kappa shape index (κ2) is 5.34. The molecule has 0 fully saturated rings. The van der Waals surface area contributed by atoms with Gasteiger partial charge in [0, 0.05) is 11.1 Å². The van der Waals surface area contributed by atoms with Crippen LogP contribution in [0.15, 0.2) is 66.3 Å². The molecule has 1 aliphatic carbocycles. The van der Waals surface area contributed by atoms with Crippen LogP contribution in [0.3, 0.4) is 0 Å². The Morgan fingerprint density at radius 1 is 0.909 bits per heavy atom. The summed E-state index contributed by atoms with van der Waals surface area (Å²) < 4.78 is 0. The molecule has 4 rings (SSSR count). The second-order valence-corrected chi connectivity index (χ2v) is 6.00. The van der Waals surface area contributed by atoms with Crippen LogP contribution in [0.5, 0.6) is 0 Å². The molecule has 3 aromatic rings. The van der Waals surface area contributed by atoms with Gasteiger partial charge in [0.1, 0.15) is 0 Å². The Labute approximate surface area is 130 Å². The highest BCUT2D eigenvalue weighted by Gasteiger charge is 2.06. The zero-order chi connectivity index (χ0) is 14.9. The van der Waals surface area contributed by atoms with Crippen molar-refractivity contribution in [2.45, 2.75) is 19.3 Å². The predicted octanol–water partition coefficient (Wildman–Crippen LogP) is 5.70. The van der Waals surface area contributed by atoms with Gasteiger partial charge in [-0.3, -0.25) is 0 Å². The molecule has 1 aliphatic rings. The minimum atomic E-state index is 0.884. The highest BCUT2D eigenvalue weighted by molar-refractivity contribution is 6.05. The maximum atomic E-state index is 6.46. The molecule has 3 aromatic carbocycles. The standard InChI is InChI=1S/C21H19N/c22-21-19(12-15-6-2-1-3-7-15)11-10-18-13-16-8-4-5-9-17(16)14-20(18)21/h2,4-6,8-14H,1,3,7,22H2/b15-12-. The zero-order valence-corrected chi connectivity index (χ0v) is 12.5. The van der Waals surface area contributed by atoms with Gasteiger partial charge in [-0.1, -0.05) is 48.6 Å². The molecular formula is C21H19N. The maximum absolute atomic E-state index is 6.46. The third-order valence-corrected chi connectivity index (χ3v) is 4.47. The van der Waals surface area contributed by atoms with Crippen LogP contribution in [-0.2, 0) is 0 Å². The predicted molar refractivity (Wildman–Crippen MR) is 96.8 cm³/mol. The smallest absolute Gasteiger partial charge is 0.0467 e. The van der Waals surface area contributed by atoms with Gasteiger partial charge in [-0.25, -0.2) is 0 Å². The van der Waals surface area contributed by atoms with Crippen molar-refractivity contribution in [1.82, 2.24) is 0 Å². The molecule has 0 spiro atoms. The number of hydrogen-bond donors (Lipinski definition) is 1. The minimum absolute atomic E-state index is 0.884. The third kappa shape index (κ3) is 2.29. The van der Waals surface area contributed by atoms with Crippen LogP contribution in [0.1, 0.15) is 24.8 Å². The number of nitrogen functional groups attached to an aromatic ring is 1. The summed E-state index contributed by atoms with van der Waals surface area (Å²) in [6, 6.07) is 17.2. The average Bonchev–Trinajstić information content (AvgIpc) is 2.57. The number of anilines is 1. The Bertz CT molecular complexity index is 916. The van der Waals surface area contributed by atoms with Crippen LogP contribution in [0, 0.1) is 0 Å². The highest BCUT2D eigenvalue weighted by Crippen LogP contribution is 2.31. The van der Waals surface area contributed by atoms with Crippen LogP contribution in [0.25, 0.3) is 27.6 Å². The fourth-order valence-electron chi connectivity index (χ4n) is 3.24. The molecule has 0 amide bonds. The summed E-state index contributed by atoms with van der Waals surface area (Å²) in [7, 11) is 0. The largest absolute Gasteiger partial charge is 0.398 e. The molecule has 0 unspecified atom stereocenters. The Morgan fingerprint density at radius 3 is 2.50 bits per heavy atom. The van der Waals surface area contributed by atoms with Crippen molar-refractivity contribution in [3.63, 3.8) is 0 Å². The van der Waals surface area contributed by atoms with E-state index in [0.717, 1.165) is 23.1 Å². The van der Waals surface area contributed by atoms with Crippen LogP contribution < -0.4 is 5.73 Å². The summed E-state index contributed by atoms with van der Waals surface area (Å²) in [6.07, 6.45) is 10.3. The minimum Gasteiger partial charge on any atom is -0.398 e. The number of fused-ring (bicyclic) bond motifs is 2. The lowest BCUT2D eigenvalue weighted by atomic mass is 9.96. The van der Waals surface area contributed by atoms with E-state index < -0.39 is 0 Å². The van der Waals surface area contributed by atoms with Gasteiger partial charge in [0.05, 0.1) is 0 Å². The van der Waals surface area contributed by atoms with E-state index in [0.29, 0.717) is 0 Å². The first-order chi connectivity index (χ1) is 10.8. The SMILES string of the molecule is Nc1c(/C=C2/C=CCCC2)ccc2cc3ccccc3cc12. The summed E-state index contributed by atoms with van der Waals surface area (Å²) in [5.41, 5.74) is 9.84. The molecule has 0 aliphatic heterocycles. The fourth-order valence-corrected chi connectivity index (χ4v) is 3.24. The lowest BCUT2D eigenvalue weighted by Gasteiger charge is -2.11. The molecule has 1 nitrogen and oxygen atoms in total. The first-order valence-corrected chi connectivity index (χ1v) is 7.89. The van der Waals surface area contributed by atoms with E-state index in [4.69, 9.17) is 5.73 Å². The van der Waals surface area contributed by atoms with Crippen LogP contribution >= 0.6 is 0 Å². The van der Waals surface area contributed by atoms with Crippen molar-refractivity contribution in [3.8, 4) is 0 Å². The Balaban J connectivity index is 1.90.